The minimum absolute atomic E-state index is 0.0212. The Bertz CT molecular complexity index is 663. The second-order valence-electron chi connectivity index (χ2n) is 5.81. The maximum atomic E-state index is 12.6. The number of carbonyl (C=O) groups excluding carboxylic acids is 3. The van der Waals surface area contributed by atoms with Gasteiger partial charge in [-0.15, -0.1) is 0 Å². The number of fused-ring (bicyclic) bond motifs is 1. The number of benzene rings is 1. The van der Waals surface area contributed by atoms with Crippen LogP contribution in [0.15, 0.2) is 24.3 Å². The Morgan fingerprint density at radius 3 is 2.78 bits per heavy atom. The third kappa shape index (κ3) is 3.17. The SMILES string of the molecule is CC(=O)OC1CC2C(=O)N(Cc3ccccc3Cl)CC(=O)N2C1. The molecule has 3 rings (SSSR count). The summed E-state index contributed by atoms with van der Waals surface area (Å²) in [6.45, 7) is 1.93. The summed E-state index contributed by atoms with van der Waals surface area (Å²) in [5.74, 6) is -0.654. The molecule has 0 bridgehead atoms. The molecule has 0 aliphatic carbocycles. The number of rotatable bonds is 3. The van der Waals surface area contributed by atoms with Crippen LogP contribution in [0.5, 0.6) is 0 Å². The van der Waals surface area contributed by atoms with Crippen molar-refractivity contribution in [2.75, 3.05) is 13.1 Å². The van der Waals surface area contributed by atoms with Gasteiger partial charge in [-0.2, -0.15) is 0 Å². The molecule has 2 aliphatic heterocycles. The van der Waals surface area contributed by atoms with Gasteiger partial charge in [0, 0.05) is 24.9 Å². The number of ether oxygens (including phenoxy) is 1. The molecule has 0 saturated carbocycles. The lowest BCUT2D eigenvalue weighted by Crippen LogP contribution is -2.56. The van der Waals surface area contributed by atoms with Crippen molar-refractivity contribution in [2.45, 2.75) is 32.0 Å². The molecular formula is C16H17ClN2O4. The van der Waals surface area contributed by atoms with Gasteiger partial charge in [-0.05, 0) is 11.6 Å². The van der Waals surface area contributed by atoms with Crippen LogP contribution >= 0.6 is 11.6 Å². The molecular weight excluding hydrogens is 320 g/mol. The smallest absolute Gasteiger partial charge is 0.302 e. The average molecular weight is 337 g/mol. The van der Waals surface area contributed by atoms with Crippen LogP contribution in [0.25, 0.3) is 0 Å². The molecule has 2 unspecified atom stereocenters. The van der Waals surface area contributed by atoms with Gasteiger partial charge in [0.25, 0.3) is 0 Å². The van der Waals surface area contributed by atoms with Crippen molar-refractivity contribution in [3.63, 3.8) is 0 Å². The first-order valence-electron chi connectivity index (χ1n) is 7.44. The Kier molecular flexibility index (Phi) is 4.26. The maximum Gasteiger partial charge on any atom is 0.302 e. The molecule has 0 N–H and O–H groups in total. The van der Waals surface area contributed by atoms with Gasteiger partial charge in [0.1, 0.15) is 18.7 Å². The summed E-state index contributed by atoms with van der Waals surface area (Å²) in [6.07, 6.45) is -0.0611. The maximum absolute atomic E-state index is 12.6. The topological polar surface area (TPSA) is 66.9 Å². The minimum Gasteiger partial charge on any atom is -0.461 e. The van der Waals surface area contributed by atoms with Crippen molar-refractivity contribution in [3.05, 3.63) is 34.9 Å². The third-order valence-electron chi connectivity index (χ3n) is 4.16. The lowest BCUT2D eigenvalue weighted by molar-refractivity contribution is -0.154. The quantitative estimate of drug-likeness (QED) is 0.778. The summed E-state index contributed by atoms with van der Waals surface area (Å²) in [5.41, 5.74) is 0.804. The van der Waals surface area contributed by atoms with Crippen molar-refractivity contribution in [1.82, 2.24) is 9.80 Å². The van der Waals surface area contributed by atoms with Crippen molar-refractivity contribution in [2.24, 2.45) is 0 Å². The lowest BCUT2D eigenvalue weighted by Gasteiger charge is -2.36. The Labute approximate surface area is 138 Å². The van der Waals surface area contributed by atoms with Gasteiger partial charge in [0.2, 0.25) is 11.8 Å². The molecule has 0 spiro atoms. The number of piperazine rings is 1. The normalized spacial score (nSPS) is 23.9. The van der Waals surface area contributed by atoms with E-state index in [1.807, 2.05) is 18.2 Å². The summed E-state index contributed by atoms with van der Waals surface area (Å²) in [7, 11) is 0. The zero-order valence-electron chi connectivity index (χ0n) is 12.7. The molecule has 2 atom stereocenters. The number of hydrogen-bond donors (Lipinski definition) is 0. The summed E-state index contributed by atoms with van der Waals surface area (Å²) in [6, 6.07) is 6.70. The zero-order chi connectivity index (χ0) is 16.6. The summed E-state index contributed by atoms with van der Waals surface area (Å²) in [4.78, 5) is 39.0. The van der Waals surface area contributed by atoms with Crippen molar-refractivity contribution >= 4 is 29.4 Å². The van der Waals surface area contributed by atoms with Crippen molar-refractivity contribution in [3.8, 4) is 0 Å². The number of nitrogens with zero attached hydrogens (tertiary/aromatic N) is 2. The second kappa shape index (κ2) is 6.20. The van der Waals surface area contributed by atoms with E-state index in [1.165, 1.54) is 16.7 Å². The summed E-state index contributed by atoms with van der Waals surface area (Å²) in [5, 5.41) is 0.569. The first-order valence-corrected chi connectivity index (χ1v) is 7.82. The molecule has 2 aliphatic rings. The van der Waals surface area contributed by atoms with Crippen LogP contribution in [0.3, 0.4) is 0 Å². The molecule has 6 nitrogen and oxygen atoms in total. The van der Waals surface area contributed by atoms with Crippen LogP contribution in [0.1, 0.15) is 18.9 Å². The Hall–Kier alpha value is -2.08. The van der Waals surface area contributed by atoms with Gasteiger partial charge < -0.3 is 14.5 Å². The van der Waals surface area contributed by atoms with E-state index >= 15 is 0 Å². The highest BCUT2D eigenvalue weighted by molar-refractivity contribution is 6.31. The van der Waals surface area contributed by atoms with Gasteiger partial charge in [-0.1, -0.05) is 29.8 Å². The fourth-order valence-corrected chi connectivity index (χ4v) is 3.33. The zero-order valence-corrected chi connectivity index (χ0v) is 13.5. The van der Waals surface area contributed by atoms with E-state index in [2.05, 4.69) is 0 Å². The minimum atomic E-state index is -0.553. The van der Waals surface area contributed by atoms with Gasteiger partial charge >= 0.3 is 5.97 Å². The predicted octanol–water partition coefficient (Wildman–Crippen LogP) is 1.21. The van der Waals surface area contributed by atoms with E-state index < -0.39 is 18.1 Å². The number of carbonyl (C=O) groups is 3. The molecule has 1 aromatic carbocycles. The molecule has 122 valence electrons. The van der Waals surface area contributed by atoms with Crippen molar-refractivity contribution in [1.29, 1.82) is 0 Å². The Morgan fingerprint density at radius 2 is 2.09 bits per heavy atom. The molecule has 0 radical (unpaired) electrons. The van der Waals surface area contributed by atoms with E-state index in [0.29, 0.717) is 18.0 Å². The molecule has 7 heteroatoms. The fourth-order valence-electron chi connectivity index (χ4n) is 3.14. The molecule has 2 fully saturated rings. The van der Waals surface area contributed by atoms with Crippen LogP contribution in [-0.2, 0) is 25.7 Å². The largest absolute Gasteiger partial charge is 0.461 e. The third-order valence-corrected chi connectivity index (χ3v) is 4.53. The molecule has 2 saturated heterocycles. The highest BCUT2D eigenvalue weighted by Crippen LogP contribution is 2.27. The van der Waals surface area contributed by atoms with Gasteiger partial charge in [0.05, 0.1) is 6.54 Å². The number of halogens is 1. The van der Waals surface area contributed by atoms with E-state index in [-0.39, 0.29) is 24.9 Å². The first kappa shape index (κ1) is 15.8. The van der Waals surface area contributed by atoms with Gasteiger partial charge in [-0.25, -0.2) is 0 Å². The molecule has 1 aromatic rings. The van der Waals surface area contributed by atoms with Crippen LogP contribution < -0.4 is 0 Å². The number of amides is 2. The molecule has 0 aromatic heterocycles. The van der Waals surface area contributed by atoms with Crippen LogP contribution in [-0.4, -0.2) is 52.8 Å². The highest BCUT2D eigenvalue weighted by Gasteiger charge is 2.46. The fraction of sp³-hybridized carbons (Fsp3) is 0.438. The van der Waals surface area contributed by atoms with Crippen LogP contribution in [0.4, 0.5) is 0 Å². The van der Waals surface area contributed by atoms with Crippen molar-refractivity contribution < 1.29 is 19.1 Å². The monoisotopic (exact) mass is 336 g/mol. The van der Waals surface area contributed by atoms with E-state index in [9.17, 15) is 14.4 Å². The average Bonchev–Trinajstić information content (AvgIpc) is 2.90. The second-order valence-corrected chi connectivity index (χ2v) is 6.22. The van der Waals surface area contributed by atoms with E-state index in [4.69, 9.17) is 16.3 Å². The van der Waals surface area contributed by atoms with Crippen LogP contribution in [0, 0.1) is 0 Å². The van der Waals surface area contributed by atoms with Gasteiger partial charge in [0.15, 0.2) is 0 Å². The number of hydrogen-bond acceptors (Lipinski definition) is 4. The molecule has 2 heterocycles. The summed E-state index contributed by atoms with van der Waals surface area (Å²) < 4.78 is 5.15. The van der Waals surface area contributed by atoms with Crippen LogP contribution in [0.2, 0.25) is 5.02 Å². The van der Waals surface area contributed by atoms with E-state index in [0.717, 1.165) is 5.56 Å². The highest BCUT2D eigenvalue weighted by atomic mass is 35.5. The Morgan fingerprint density at radius 1 is 1.35 bits per heavy atom. The summed E-state index contributed by atoms with van der Waals surface area (Å²) >= 11 is 6.13. The van der Waals surface area contributed by atoms with Gasteiger partial charge in [-0.3, -0.25) is 14.4 Å². The standard InChI is InChI=1S/C16H17ClN2O4/c1-10(20)23-12-6-14-16(22)18(9-15(21)19(14)8-12)7-11-4-2-3-5-13(11)17/h2-5,12,14H,6-9H2,1H3. The number of esters is 1. The Balaban J connectivity index is 1.74. The lowest BCUT2D eigenvalue weighted by atomic mass is 10.1. The molecule has 2 amide bonds. The van der Waals surface area contributed by atoms with E-state index in [1.54, 1.807) is 6.07 Å². The predicted molar refractivity (Wildman–Crippen MR) is 82.5 cm³/mol. The molecule has 23 heavy (non-hydrogen) atoms. The first-order chi connectivity index (χ1) is 11.0.